The second-order valence-electron chi connectivity index (χ2n) is 16.1. The van der Waals surface area contributed by atoms with E-state index in [1.54, 1.807) is 0 Å². The molecule has 2 aliphatic rings. The van der Waals surface area contributed by atoms with Gasteiger partial charge in [-0.1, -0.05) is 158 Å². The second-order valence-corrected chi connectivity index (χ2v) is 20.3. The van der Waals surface area contributed by atoms with Gasteiger partial charge < -0.3 is 9.80 Å². The average molecular weight is 877 g/mol. The summed E-state index contributed by atoms with van der Waals surface area (Å²) in [5, 5.41) is 5.78. The molecule has 61 heavy (non-hydrogen) atoms. The van der Waals surface area contributed by atoms with Gasteiger partial charge in [0.15, 0.2) is 0 Å². The molecule has 2 atom stereocenters. The molecule has 0 heterocycles. The van der Waals surface area contributed by atoms with Gasteiger partial charge in [-0.2, -0.15) is 0 Å². The summed E-state index contributed by atoms with van der Waals surface area (Å²) in [5.74, 6) is 2.81. The smallest absolute Gasteiger partial charge is 0.0417 e. The van der Waals surface area contributed by atoms with E-state index in [2.05, 4.69) is 262 Å². The van der Waals surface area contributed by atoms with Crippen LogP contribution in [0.3, 0.4) is 0 Å². The predicted octanol–water partition coefficient (Wildman–Crippen LogP) is 11.5. The summed E-state index contributed by atoms with van der Waals surface area (Å²) < 4.78 is 0. The van der Waals surface area contributed by atoms with Crippen LogP contribution in [0.1, 0.15) is 45.5 Å². The van der Waals surface area contributed by atoms with Gasteiger partial charge in [-0.05, 0) is 165 Å². The van der Waals surface area contributed by atoms with E-state index in [1.165, 1.54) is 77.8 Å². The number of benzene rings is 6. The molecule has 5 heteroatoms. The molecule has 2 nitrogen and oxygen atoms in total. The van der Waals surface area contributed by atoms with Crippen LogP contribution in [-0.4, -0.2) is 38.0 Å². The molecule has 0 N–H and O–H groups in total. The zero-order chi connectivity index (χ0) is 42.2. The van der Waals surface area contributed by atoms with Crippen LogP contribution in [0.5, 0.6) is 0 Å². The maximum Gasteiger partial charge on any atom is 0.0417 e. The second kappa shape index (κ2) is 22.3. The predicted molar refractivity (Wildman–Crippen MR) is 262 cm³/mol. The molecule has 6 aromatic carbocycles. The first-order chi connectivity index (χ1) is 29.2. The van der Waals surface area contributed by atoms with Crippen molar-refractivity contribution in [2.75, 3.05) is 28.2 Å². The molecule has 8 rings (SSSR count). The van der Waals surface area contributed by atoms with E-state index < -0.39 is 15.8 Å². The molecule has 2 fully saturated rings. The monoisotopic (exact) mass is 876 g/mol. The summed E-state index contributed by atoms with van der Waals surface area (Å²) in [5.41, 5.74) is 11.0. The number of nitrogens with zero attached hydrogens (tertiary/aromatic N) is 2. The van der Waals surface area contributed by atoms with E-state index in [0.717, 1.165) is 0 Å². The molecule has 0 aromatic heterocycles. The molecule has 0 bridgehead atoms. The number of hydrogen-bond acceptors (Lipinski definition) is 2. The first kappa shape index (κ1) is 47.1. The maximum atomic E-state index is 2.35. The van der Waals surface area contributed by atoms with Gasteiger partial charge in [0.2, 0.25) is 0 Å². The topological polar surface area (TPSA) is 6.48 Å². The van der Waals surface area contributed by atoms with Crippen molar-refractivity contribution in [3.63, 3.8) is 0 Å². The average Bonchev–Trinajstić information content (AvgIpc) is 3.92. The van der Waals surface area contributed by atoms with Crippen molar-refractivity contribution >= 4 is 37.1 Å². The zero-order valence-electron chi connectivity index (χ0n) is 36.8. The van der Waals surface area contributed by atoms with Crippen molar-refractivity contribution < 1.29 is 17.1 Å². The molecule has 6 aromatic rings. The van der Waals surface area contributed by atoms with Crippen LogP contribution in [0.25, 0.3) is 0 Å². The van der Waals surface area contributed by atoms with E-state index in [1.807, 2.05) is 0 Å². The molecule has 2 saturated carbocycles. The van der Waals surface area contributed by atoms with Gasteiger partial charge in [-0.3, -0.25) is 0 Å². The Kier molecular flexibility index (Phi) is 17.2. The van der Waals surface area contributed by atoms with E-state index in [0.29, 0.717) is 0 Å². The molecule has 2 aliphatic carbocycles. The van der Waals surface area contributed by atoms with E-state index in [-0.39, 0.29) is 29.2 Å². The summed E-state index contributed by atoms with van der Waals surface area (Å²) in [7, 11) is 7.42. The summed E-state index contributed by atoms with van der Waals surface area (Å²) in [4.78, 5) is 4.66. The molecule has 0 unspecified atom stereocenters. The van der Waals surface area contributed by atoms with E-state index >= 15 is 0 Å². The summed E-state index contributed by atoms with van der Waals surface area (Å²) in [6, 6.07) is 57.7. The van der Waals surface area contributed by atoms with Crippen molar-refractivity contribution in [2.24, 2.45) is 0 Å². The summed E-state index contributed by atoms with van der Waals surface area (Å²) in [6.45, 7) is 8.97. The normalized spacial score (nSPS) is 16.2. The number of aryl methyl sites for hydroxylation is 4. The first-order valence-electron chi connectivity index (χ1n) is 20.9. The van der Waals surface area contributed by atoms with E-state index in [4.69, 9.17) is 0 Å². The van der Waals surface area contributed by atoms with Crippen molar-refractivity contribution in [3.8, 4) is 0 Å². The van der Waals surface area contributed by atoms with Crippen LogP contribution in [0, 0.1) is 89.4 Å². The molecule has 0 spiro atoms. The third kappa shape index (κ3) is 10.9. The van der Waals surface area contributed by atoms with Gasteiger partial charge in [0.25, 0.3) is 0 Å². The third-order valence-electron chi connectivity index (χ3n) is 11.4. The Morgan fingerprint density at radius 1 is 0.344 bits per heavy atom. The van der Waals surface area contributed by atoms with Gasteiger partial charge in [0, 0.05) is 52.3 Å². The fourth-order valence-electron chi connectivity index (χ4n) is 8.54. The molecule has 0 amide bonds. The standard InChI is InChI=1S/2C28H29NP.Fe/c2*1-21-13-8-10-18-25(21)30(26-19-11-9-14-22(26)2)27-20-12-17-24(27)28(29(3)4)23-15-6-5-7-16-23;/h2*5-20,28H,1-4H3;/t2*28-;/m00./s1. The van der Waals surface area contributed by atoms with Crippen molar-refractivity contribution in [3.05, 3.63) is 253 Å². The summed E-state index contributed by atoms with van der Waals surface area (Å²) in [6.07, 6.45) is 13.8. The van der Waals surface area contributed by atoms with Gasteiger partial charge >= 0.3 is 0 Å². The van der Waals surface area contributed by atoms with Crippen LogP contribution in [0.2, 0.25) is 0 Å². The zero-order valence-corrected chi connectivity index (χ0v) is 39.7. The SMILES string of the molecule is Cc1ccccc1P([C]1[CH][CH][CH][C]1[C@H](c1ccccc1)N(C)C)c1ccccc1C.Cc1ccccc1P([C]1[CH][CH][CH][C]1[C@H](c1ccccc1)N(C)C)c1ccccc1C.[Fe]. The Hall–Kier alpha value is -3.38. The van der Waals surface area contributed by atoms with Gasteiger partial charge in [-0.25, -0.2) is 0 Å². The Bertz CT molecular complexity index is 2010. The Morgan fingerprint density at radius 2 is 0.607 bits per heavy atom. The molecule has 0 aliphatic heterocycles. The minimum absolute atomic E-state index is 0. The van der Waals surface area contributed by atoms with Gasteiger partial charge in [-0.15, -0.1) is 0 Å². The van der Waals surface area contributed by atoms with Crippen LogP contribution in [0.4, 0.5) is 0 Å². The Balaban J connectivity index is 0.000000201. The molecule has 310 valence electrons. The van der Waals surface area contributed by atoms with Crippen molar-refractivity contribution in [2.45, 2.75) is 39.8 Å². The Morgan fingerprint density at radius 3 is 0.869 bits per heavy atom. The van der Waals surface area contributed by atoms with Gasteiger partial charge in [0.05, 0.1) is 0 Å². The Labute approximate surface area is 382 Å². The fourth-order valence-corrected chi connectivity index (χ4v) is 14.1. The van der Waals surface area contributed by atoms with E-state index in [9.17, 15) is 0 Å². The first-order valence-corrected chi connectivity index (χ1v) is 23.6. The van der Waals surface area contributed by atoms with Crippen molar-refractivity contribution in [1.29, 1.82) is 0 Å². The minimum Gasteiger partial charge on any atom is -0.302 e. The van der Waals surface area contributed by atoms with Crippen LogP contribution in [0.15, 0.2) is 158 Å². The third-order valence-corrected chi connectivity index (χ3v) is 17.1. The van der Waals surface area contributed by atoms with Crippen LogP contribution in [-0.2, 0) is 17.1 Å². The number of hydrogen-bond donors (Lipinski definition) is 0. The number of rotatable bonds is 12. The maximum absolute atomic E-state index is 2.35. The minimum atomic E-state index is -0.646. The van der Waals surface area contributed by atoms with Gasteiger partial charge in [0.1, 0.15) is 0 Å². The summed E-state index contributed by atoms with van der Waals surface area (Å²) >= 11 is 0. The van der Waals surface area contributed by atoms with Crippen molar-refractivity contribution in [1.82, 2.24) is 9.80 Å². The fraction of sp³-hybridized carbons (Fsp3) is 0.179. The largest absolute Gasteiger partial charge is 0.302 e. The van der Waals surface area contributed by atoms with Crippen LogP contribution < -0.4 is 21.2 Å². The molecule has 0 saturated heterocycles. The molecular weight excluding hydrogens is 818 g/mol. The molecule has 10 radical (unpaired) electrons. The quantitative estimate of drug-likeness (QED) is 0.0893. The molecular formula is C56H58FeN2P2. The van der Waals surface area contributed by atoms with Crippen LogP contribution >= 0.6 is 15.8 Å².